The van der Waals surface area contributed by atoms with Crippen LogP contribution in [0.15, 0.2) is 12.5 Å². The number of hydroxylamine groups is 2. The zero-order valence-corrected chi connectivity index (χ0v) is 20.0. The van der Waals surface area contributed by atoms with E-state index in [9.17, 15) is 30.1 Å². The molecule has 12 N–H and O–H groups in total. The van der Waals surface area contributed by atoms with E-state index in [1.54, 1.807) is 0 Å². The number of nitrogens with one attached hydrogen (secondary N) is 2. The Morgan fingerprint density at radius 1 is 1.39 bits per heavy atom. The van der Waals surface area contributed by atoms with Crippen LogP contribution in [-0.4, -0.2) is 112 Å². The van der Waals surface area contributed by atoms with Crippen molar-refractivity contribution in [3.8, 4) is 0 Å². The summed E-state index contributed by atoms with van der Waals surface area (Å²) in [6.07, 6.45) is -2.51. The van der Waals surface area contributed by atoms with Crippen molar-refractivity contribution >= 4 is 34.9 Å². The lowest BCUT2D eigenvalue weighted by Crippen LogP contribution is -2.63. The summed E-state index contributed by atoms with van der Waals surface area (Å²) < 4.78 is 13.1. The van der Waals surface area contributed by atoms with Gasteiger partial charge in [0.1, 0.15) is 23.3 Å². The molecule has 0 bridgehead atoms. The van der Waals surface area contributed by atoms with Crippen molar-refractivity contribution < 1.29 is 39.6 Å². The molecule has 38 heavy (non-hydrogen) atoms. The van der Waals surface area contributed by atoms with E-state index < -0.39 is 60.1 Å². The van der Waals surface area contributed by atoms with Gasteiger partial charge < -0.3 is 47.3 Å². The maximum Gasteiger partial charge on any atom is 0.328 e. The molecule has 208 valence electrons. The molecule has 0 spiro atoms. The molecule has 1 amide bonds. The third kappa shape index (κ3) is 5.17. The Balaban J connectivity index is 1.56. The fraction of sp³-hybridized carbons (Fsp3) is 0.600. The summed E-state index contributed by atoms with van der Waals surface area (Å²) >= 11 is 0. The lowest BCUT2D eigenvalue weighted by molar-refractivity contribution is -0.237. The Labute approximate surface area is 214 Å². The van der Waals surface area contributed by atoms with Gasteiger partial charge in [0.2, 0.25) is 17.8 Å². The minimum atomic E-state index is -1.93. The summed E-state index contributed by atoms with van der Waals surface area (Å²) in [5.41, 5.74) is 15.4. The molecule has 0 aromatic carbocycles. The van der Waals surface area contributed by atoms with E-state index in [4.69, 9.17) is 32.1 Å². The number of aromatic nitrogens is 4. The molecule has 2 aliphatic rings. The van der Waals surface area contributed by atoms with Crippen molar-refractivity contribution in [2.75, 3.05) is 18.9 Å². The van der Waals surface area contributed by atoms with Crippen LogP contribution in [0.25, 0.3) is 11.2 Å². The van der Waals surface area contributed by atoms with Crippen LogP contribution in [0.4, 0.5) is 5.95 Å². The van der Waals surface area contributed by atoms with Gasteiger partial charge in [0, 0.05) is 13.0 Å². The Bertz CT molecular complexity index is 1210. The molecule has 2 aromatic heterocycles. The summed E-state index contributed by atoms with van der Waals surface area (Å²) in [5, 5.41) is 51.3. The molecule has 18 heteroatoms. The van der Waals surface area contributed by atoms with Gasteiger partial charge in [0.25, 0.3) is 0 Å². The van der Waals surface area contributed by atoms with Gasteiger partial charge in [-0.15, -0.1) is 0 Å². The summed E-state index contributed by atoms with van der Waals surface area (Å²) in [5.74, 6) is -2.93. The number of nitrogen functional groups attached to an aromatic ring is 1. The molecule has 4 heterocycles. The number of carbonyl (C=O) groups is 2. The number of hydrogen-bond donors (Lipinski definition) is 9. The molecule has 0 aliphatic carbocycles. The highest BCUT2D eigenvalue weighted by atomic mass is 16.6. The number of amides is 1. The van der Waals surface area contributed by atoms with E-state index in [0.29, 0.717) is 10.6 Å². The number of hydrogen-bond acceptors (Lipinski definition) is 13. The Hall–Kier alpha value is -3.68. The van der Waals surface area contributed by atoms with E-state index in [2.05, 4.69) is 20.3 Å². The number of aliphatic carboxylic acids is 1. The number of nitrogens with zero attached hydrogens (tertiary/aromatic N) is 5. The monoisotopic (exact) mass is 538 g/mol. The molecule has 4 rings (SSSR count). The summed E-state index contributed by atoms with van der Waals surface area (Å²) in [6.45, 7) is -0.306. The van der Waals surface area contributed by atoms with E-state index in [-0.39, 0.29) is 44.0 Å². The van der Waals surface area contributed by atoms with Crippen LogP contribution in [0.5, 0.6) is 0 Å². The number of imidazole rings is 1. The van der Waals surface area contributed by atoms with E-state index in [0.717, 1.165) is 0 Å². The molecule has 18 nitrogen and oxygen atoms in total. The largest absolute Gasteiger partial charge is 0.480 e. The molecular weight excluding hydrogens is 508 g/mol. The smallest absolute Gasteiger partial charge is 0.328 e. The predicted octanol–water partition coefficient (Wildman–Crippen LogP) is -3.55. The molecule has 7 atom stereocenters. The highest BCUT2D eigenvalue weighted by Gasteiger charge is 2.60. The lowest BCUT2D eigenvalue weighted by Gasteiger charge is -2.45. The Morgan fingerprint density at radius 2 is 2.13 bits per heavy atom. The lowest BCUT2D eigenvalue weighted by atomic mass is 9.81. The number of aliphatic hydroxyl groups is 2. The van der Waals surface area contributed by atoms with Crippen LogP contribution in [0.3, 0.4) is 0 Å². The molecular formula is C20H30N10O8. The van der Waals surface area contributed by atoms with Crippen molar-refractivity contribution in [1.29, 1.82) is 5.41 Å². The average Bonchev–Trinajstić information content (AvgIpc) is 3.41. The number of anilines is 1. The maximum atomic E-state index is 12.7. The summed E-state index contributed by atoms with van der Waals surface area (Å²) in [4.78, 5) is 37.1. The SMILES string of the molecule is N=C(N)N(O)CCCC(N)C(=O)NC(C(=O)O)[C@@H]1C[C@@]2(O)[C@@H](O)CO[C@H]2[C@H](n2cnc3cnc(N)nc32)O1. The Kier molecular flexibility index (Phi) is 7.63. The zero-order chi connectivity index (χ0) is 27.8. The second-order valence-electron chi connectivity index (χ2n) is 9.20. The second kappa shape index (κ2) is 10.6. The molecule has 2 saturated heterocycles. The number of fused-ring (bicyclic) bond motifs is 2. The van der Waals surface area contributed by atoms with Crippen molar-refractivity contribution in [3.63, 3.8) is 0 Å². The molecule has 2 fully saturated rings. The summed E-state index contributed by atoms with van der Waals surface area (Å²) in [7, 11) is 0. The number of carbonyl (C=O) groups excluding carboxylic acids is 1. The van der Waals surface area contributed by atoms with Crippen LogP contribution in [0, 0.1) is 5.41 Å². The maximum absolute atomic E-state index is 12.7. The van der Waals surface area contributed by atoms with Crippen LogP contribution < -0.4 is 22.5 Å². The fourth-order valence-electron chi connectivity index (χ4n) is 4.60. The van der Waals surface area contributed by atoms with Crippen LogP contribution in [0.2, 0.25) is 0 Å². The van der Waals surface area contributed by atoms with E-state index in [1.807, 2.05) is 0 Å². The number of rotatable bonds is 9. The first-order valence-electron chi connectivity index (χ1n) is 11.6. The molecule has 2 aromatic rings. The van der Waals surface area contributed by atoms with Gasteiger partial charge in [-0.2, -0.15) is 4.98 Å². The quantitative estimate of drug-likeness (QED) is 0.0848. The number of aliphatic hydroxyl groups excluding tert-OH is 1. The first kappa shape index (κ1) is 27.4. The van der Waals surface area contributed by atoms with Gasteiger partial charge in [-0.25, -0.2) is 19.8 Å². The summed E-state index contributed by atoms with van der Waals surface area (Å²) in [6, 6.07) is -2.83. The highest BCUT2D eigenvalue weighted by molar-refractivity contribution is 5.87. The van der Waals surface area contributed by atoms with Crippen LogP contribution >= 0.6 is 0 Å². The predicted molar refractivity (Wildman–Crippen MR) is 126 cm³/mol. The number of carboxylic acid groups (broad SMARTS) is 1. The third-order valence-corrected chi connectivity index (χ3v) is 6.65. The average molecular weight is 539 g/mol. The second-order valence-corrected chi connectivity index (χ2v) is 9.20. The molecule has 0 radical (unpaired) electrons. The molecule has 0 saturated carbocycles. The van der Waals surface area contributed by atoms with Crippen molar-refractivity contribution in [2.45, 2.75) is 61.5 Å². The topological polar surface area (TPSA) is 294 Å². The van der Waals surface area contributed by atoms with E-state index in [1.165, 1.54) is 17.1 Å². The number of ether oxygens (including phenoxy) is 2. The first-order chi connectivity index (χ1) is 17.9. The van der Waals surface area contributed by atoms with Crippen molar-refractivity contribution in [3.05, 3.63) is 12.5 Å². The van der Waals surface area contributed by atoms with Gasteiger partial charge >= 0.3 is 5.97 Å². The van der Waals surface area contributed by atoms with Gasteiger partial charge in [0.05, 0.1) is 31.3 Å². The zero-order valence-electron chi connectivity index (χ0n) is 20.0. The van der Waals surface area contributed by atoms with Gasteiger partial charge in [-0.1, -0.05) is 0 Å². The van der Waals surface area contributed by atoms with E-state index >= 15 is 0 Å². The van der Waals surface area contributed by atoms with Crippen molar-refractivity contribution in [1.82, 2.24) is 29.9 Å². The fourth-order valence-corrected chi connectivity index (χ4v) is 4.60. The highest BCUT2D eigenvalue weighted by Crippen LogP contribution is 2.44. The number of carboxylic acids is 1. The molecule has 2 aliphatic heterocycles. The van der Waals surface area contributed by atoms with Crippen molar-refractivity contribution in [2.24, 2.45) is 11.5 Å². The minimum absolute atomic E-state index is 0.0391. The van der Waals surface area contributed by atoms with Crippen LogP contribution in [-0.2, 0) is 19.1 Å². The minimum Gasteiger partial charge on any atom is -0.480 e. The number of nitrogens with two attached hydrogens (primary N) is 3. The molecule has 2 unspecified atom stereocenters. The Morgan fingerprint density at radius 3 is 2.82 bits per heavy atom. The normalized spacial score (nSPS) is 28.4. The van der Waals surface area contributed by atoms with Gasteiger partial charge in [-0.3, -0.25) is 20.0 Å². The number of guanidine groups is 1. The third-order valence-electron chi connectivity index (χ3n) is 6.65. The van der Waals surface area contributed by atoms with Gasteiger partial charge in [-0.05, 0) is 12.8 Å². The standard InChI is InChI=1S/C20H30N10O8/c21-8(2-1-3-30(36)18(22)23)15(32)27-12(17(33)34)10-4-20(35)11(31)6-37-13(20)16(38-10)29-7-26-9-5-25-19(24)28-14(9)29/h5,7-8,10-13,16,31,35-36H,1-4,6,21H2,(H3,22,23)(H,27,32)(H,33,34)(H2,24,25,28)/t8?,10-,11-,12?,13-,16+,20+/m0/s1. The van der Waals surface area contributed by atoms with Crippen LogP contribution in [0.1, 0.15) is 25.5 Å². The first-order valence-corrected chi connectivity index (χ1v) is 11.6. The van der Waals surface area contributed by atoms with Gasteiger partial charge in [0.15, 0.2) is 17.9 Å².